The van der Waals surface area contributed by atoms with Crippen LogP contribution in [0.25, 0.3) is 0 Å². The van der Waals surface area contributed by atoms with Gasteiger partial charge in [-0.05, 0) is 31.1 Å². The molecule has 1 aliphatic carbocycles. The summed E-state index contributed by atoms with van der Waals surface area (Å²) in [6.07, 6.45) is 4.14. The van der Waals surface area contributed by atoms with E-state index in [1.807, 2.05) is 12.1 Å². The second-order valence-corrected chi connectivity index (χ2v) is 5.27. The highest BCUT2D eigenvalue weighted by Crippen LogP contribution is 2.18. The molecule has 2 aromatic rings. The number of anilines is 1. The maximum Gasteiger partial charge on any atom is 0.172 e. The Bertz CT molecular complexity index is 621. The summed E-state index contributed by atoms with van der Waals surface area (Å²) < 4.78 is 15.2. The fraction of sp³-hybridized carbons (Fsp3) is 0.286. The third-order valence-corrected chi connectivity index (χ3v) is 3.30. The largest absolute Gasteiger partial charge is 0.360 e. The zero-order valence-corrected chi connectivity index (χ0v) is 11.7. The number of nitrogens with zero attached hydrogens (tertiary/aromatic N) is 2. The molecule has 6 heteroatoms. The Balaban J connectivity index is 1.61. The van der Waals surface area contributed by atoms with E-state index < -0.39 is 0 Å². The number of hydrogen-bond donors (Lipinski definition) is 2. The Labute approximate surface area is 122 Å². The van der Waals surface area contributed by atoms with Crippen molar-refractivity contribution in [3.8, 4) is 0 Å². The summed E-state index contributed by atoms with van der Waals surface area (Å²) in [5.74, 6) is 0.447. The zero-order chi connectivity index (χ0) is 13.9. The van der Waals surface area contributed by atoms with Crippen molar-refractivity contribution in [2.24, 2.45) is 0 Å². The molecule has 2 N–H and O–H groups in total. The number of halogens is 1. The molecule has 4 nitrogen and oxygen atoms in total. The fourth-order valence-corrected chi connectivity index (χ4v) is 2.15. The number of rotatable bonds is 4. The van der Waals surface area contributed by atoms with Gasteiger partial charge in [0.25, 0.3) is 0 Å². The van der Waals surface area contributed by atoms with Gasteiger partial charge in [0.05, 0.1) is 6.54 Å². The molecular formula is C14H15FN4S. The summed E-state index contributed by atoms with van der Waals surface area (Å²) >= 11 is 5.18. The molecule has 3 rings (SSSR count). The van der Waals surface area contributed by atoms with Gasteiger partial charge < -0.3 is 10.6 Å². The van der Waals surface area contributed by atoms with E-state index in [0.29, 0.717) is 29.1 Å². The molecule has 0 saturated heterocycles. The van der Waals surface area contributed by atoms with Crippen LogP contribution in [0.15, 0.2) is 36.5 Å². The van der Waals surface area contributed by atoms with Crippen LogP contribution in [0.3, 0.4) is 0 Å². The Hall–Kier alpha value is -1.95. The summed E-state index contributed by atoms with van der Waals surface area (Å²) in [6.45, 7) is 0.400. The van der Waals surface area contributed by atoms with Crippen molar-refractivity contribution in [2.75, 3.05) is 5.32 Å². The van der Waals surface area contributed by atoms with Gasteiger partial charge in [-0.1, -0.05) is 18.2 Å². The van der Waals surface area contributed by atoms with Gasteiger partial charge in [-0.2, -0.15) is 5.10 Å². The molecule has 0 amide bonds. The van der Waals surface area contributed by atoms with E-state index in [2.05, 4.69) is 15.7 Å². The van der Waals surface area contributed by atoms with Crippen molar-refractivity contribution >= 4 is 23.1 Å². The van der Waals surface area contributed by atoms with Gasteiger partial charge in [0.15, 0.2) is 10.9 Å². The molecular weight excluding hydrogens is 275 g/mol. The SMILES string of the molecule is Fc1ccccc1Cn1ccc(NC(=S)NC2CC2)n1. The van der Waals surface area contributed by atoms with Gasteiger partial charge in [-0.3, -0.25) is 4.68 Å². The molecule has 1 aromatic heterocycles. The van der Waals surface area contributed by atoms with Gasteiger partial charge >= 0.3 is 0 Å². The van der Waals surface area contributed by atoms with Crippen LogP contribution >= 0.6 is 12.2 Å². The molecule has 104 valence electrons. The minimum absolute atomic E-state index is 0.219. The Kier molecular flexibility index (Phi) is 3.64. The first kappa shape index (κ1) is 13.1. The predicted molar refractivity (Wildman–Crippen MR) is 80.1 cm³/mol. The van der Waals surface area contributed by atoms with Crippen LogP contribution in [0.2, 0.25) is 0 Å². The van der Waals surface area contributed by atoms with E-state index in [1.54, 1.807) is 23.0 Å². The molecule has 0 unspecified atom stereocenters. The average Bonchev–Trinajstić information content (AvgIpc) is 3.12. The van der Waals surface area contributed by atoms with Crippen LogP contribution in [0.5, 0.6) is 0 Å². The smallest absolute Gasteiger partial charge is 0.172 e. The lowest BCUT2D eigenvalue weighted by molar-refractivity contribution is 0.586. The fourth-order valence-electron chi connectivity index (χ4n) is 1.88. The first-order valence-electron chi connectivity index (χ1n) is 6.55. The number of benzene rings is 1. The van der Waals surface area contributed by atoms with Crippen molar-refractivity contribution in [3.05, 3.63) is 47.9 Å². The normalized spacial score (nSPS) is 14.1. The maximum absolute atomic E-state index is 13.6. The second kappa shape index (κ2) is 5.58. The van der Waals surface area contributed by atoms with E-state index >= 15 is 0 Å². The summed E-state index contributed by atoms with van der Waals surface area (Å²) in [4.78, 5) is 0. The van der Waals surface area contributed by atoms with Crippen LogP contribution < -0.4 is 10.6 Å². The van der Waals surface area contributed by atoms with Gasteiger partial charge in [-0.25, -0.2) is 4.39 Å². The third-order valence-electron chi connectivity index (χ3n) is 3.09. The summed E-state index contributed by atoms with van der Waals surface area (Å²) in [6, 6.07) is 9.03. The molecule has 0 radical (unpaired) electrons. The van der Waals surface area contributed by atoms with Gasteiger partial charge in [-0.15, -0.1) is 0 Å². The summed E-state index contributed by atoms with van der Waals surface area (Å²) in [5, 5.41) is 11.1. The minimum atomic E-state index is -0.219. The molecule has 0 atom stereocenters. The van der Waals surface area contributed by atoms with Crippen LogP contribution in [-0.4, -0.2) is 20.9 Å². The average molecular weight is 290 g/mol. The highest BCUT2D eigenvalue weighted by Gasteiger charge is 2.21. The maximum atomic E-state index is 13.6. The summed E-state index contributed by atoms with van der Waals surface area (Å²) in [7, 11) is 0. The van der Waals surface area contributed by atoms with Gasteiger partial charge in [0.1, 0.15) is 5.82 Å². The molecule has 20 heavy (non-hydrogen) atoms. The Morgan fingerprint density at radius 1 is 1.35 bits per heavy atom. The van der Waals surface area contributed by atoms with E-state index in [0.717, 1.165) is 0 Å². The third kappa shape index (κ3) is 3.33. The van der Waals surface area contributed by atoms with E-state index in [1.165, 1.54) is 18.9 Å². The highest BCUT2D eigenvalue weighted by atomic mass is 32.1. The predicted octanol–water partition coefficient (Wildman–Crippen LogP) is 2.52. The topological polar surface area (TPSA) is 41.9 Å². The van der Waals surface area contributed by atoms with E-state index in [9.17, 15) is 4.39 Å². The first-order valence-corrected chi connectivity index (χ1v) is 6.96. The number of hydrogen-bond acceptors (Lipinski definition) is 2. The molecule has 0 spiro atoms. The van der Waals surface area contributed by atoms with Crippen LogP contribution in [0.1, 0.15) is 18.4 Å². The molecule has 0 aliphatic heterocycles. The van der Waals surface area contributed by atoms with Crippen molar-refractivity contribution in [1.29, 1.82) is 0 Å². The van der Waals surface area contributed by atoms with E-state index in [-0.39, 0.29) is 5.82 Å². The summed E-state index contributed by atoms with van der Waals surface area (Å²) in [5.41, 5.74) is 0.612. The molecule has 1 fully saturated rings. The zero-order valence-electron chi connectivity index (χ0n) is 10.8. The van der Waals surface area contributed by atoms with Crippen LogP contribution in [0.4, 0.5) is 10.2 Å². The van der Waals surface area contributed by atoms with Crippen molar-refractivity contribution in [2.45, 2.75) is 25.4 Å². The van der Waals surface area contributed by atoms with Gasteiger partial charge in [0.2, 0.25) is 0 Å². The monoisotopic (exact) mass is 290 g/mol. The lowest BCUT2D eigenvalue weighted by Gasteiger charge is -2.07. The number of thiocarbonyl (C=S) groups is 1. The van der Waals surface area contributed by atoms with Crippen LogP contribution in [0, 0.1) is 5.82 Å². The highest BCUT2D eigenvalue weighted by molar-refractivity contribution is 7.80. The Morgan fingerprint density at radius 3 is 2.90 bits per heavy atom. The quantitative estimate of drug-likeness (QED) is 0.849. The molecule has 1 aliphatic rings. The number of nitrogens with one attached hydrogen (secondary N) is 2. The van der Waals surface area contributed by atoms with E-state index in [4.69, 9.17) is 12.2 Å². The van der Waals surface area contributed by atoms with Crippen molar-refractivity contribution in [3.63, 3.8) is 0 Å². The van der Waals surface area contributed by atoms with Crippen molar-refractivity contribution < 1.29 is 4.39 Å². The molecule has 1 saturated carbocycles. The molecule has 1 aromatic carbocycles. The molecule has 1 heterocycles. The first-order chi connectivity index (χ1) is 9.70. The number of aromatic nitrogens is 2. The second-order valence-electron chi connectivity index (χ2n) is 4.86. The van der Waals surface area contributed by atoms with Crippen LogP contribution in [-0.2, 0) is 6.54 Å². The minimum Gasteiger partial charge on any atom is -0.360 e. The van der Waals surface area contributed by atoms with Crippen molar-refractivity contribution in [1.82, 2.24) is 15.1 Å². The van der Waals surface area contributed by atoms with Gasteiger partial charge in [0, 0.05) is 23.9 Å². The lowest BCUT2D eigenvalue weighted by Crippen LogP contribution is -2.30. The Morgan fingerprint density at radius 2 is 2.15 bits per heavy atom. The molecule has 0 bridgehead atoms. The lowest BCUT2D eigenvalue weighted by atomic mass is 10.2. The standard InChI is InChI=1S/C14H15FN4S/c15-12-4-2-1-3-10(12)9-19-8-7-13(18-19)17-14(20)16-11-5-6-11/h1-4,7-8,11H,5-6,9H2,(H2,16,17,18,20).